The average molecular weight is 281 g/mol. The molecule has 0 bridgehead atoms. The zero-order valence-corrected chi connectivity index (χ0v) is 12.5. The number of benzene rings is 1. The molecule has 1 N–H and O–H groups in total. The van der Waals surface area contributed by atoms with Crippen molar-refractivity contribution in [1.82, 2.24) is 0 Å². The molecule has 1 aromatic rings. The van der Waals surface area contributed by atoms with E-state index < -0.39 is 11.0 Å². The predicted molar refractivity (Wildman–Crippen MR) is 81.5 cm³/mol. The van der Waals surface area contributed by atoms with E-state index in [2.05, 4.69) is 18.2 Å². The Kier molecular flexibility index (Phi) is 2.91. The van der Waals surface area contributed by atoms with E-state index in [0.717, 1.165) is 38.0 Å². The monoisotopic (exact) mass is 281 g/mol. The molecule has 3 aliphatic rings. The molecule has 0 heterocycles. The number of hydrogen-bond donors (Lipinski definition) is 1. The van der Waals surface area contributed by atoms with Crippen molar-refractivity contribution in [1.29, 1.82) is 5.26 Å². The summed E-state index contributed by atoms with van der Waals surface area (Å²) in [7, 11) is 0. The first kappa shape index (κ1) is 13.3. The second-order valence-corrected chi connectivity index (χ2v) is 7.54. The molecule has 0 radical (unpaired) electrons. The quantitative estimate of drug-likeness (QED) is 0.899. The highest BCUT2D eigenvalue weighted by atomic mass is 16.3. The summed E-state index contributed by atoms with van der Waals surface area (Å²) in [5.74, 6) is 1.48. The van der Waals surface area contributed by atoms with Crippen LogP contribution in [0.5, 0.6) is 0 Å². The third-order valence-corrected chi connectivity index (χ3v) is 6.26. The standard InChI is InChI=1S/C19H23NO/c20-13-18(10-15-4-1-2-5-16(15)11-18)19(21)9-3-6-17(12-19)14-7-8-14/h1-2,4-5,14,17,21H,3,6-12H2. The molecule has 2 nitrogen and oxygen atoms in total. The number of nitrogens with zero attached hydrogens (tertiary/aromatic N) is 1. The van der Waals surface area contributed by atoms with Crippen LogP contribution in [0.3, 0.4) is 0 Å². The highest BCUT2D eigenvalue weighted by Crippen LogP contribution is 2.55. The van der Waals surface area contributed by atoms with Crippen LogP contribution in [0.15, 0.2) is 24.3 Å². The lowest BCUT2D eigenvalue weighted by molar-refractivity contribution is -0.0955. The van der Waals surface area contributed by atoms with Gasteiger partial charge in [0.05, 0.1) is 17.1 Å². The van der Waals surface area contributed by atoms with E-state index in [1.165, 1.54) is 30.4 Å². The van der Waals surface area contributed by atoms with Crippen molar-refractivity contribution >= 4 is 0 Å². The zero-order chi connectivity index (χ0) is 14.5. The number of rotatable bonds is 2. The number of nitriles is 1. The van der Waals surface area contributed by atoms with Gasteiger partial charge in [-0.3, -0.25) is 0 Å². The van der Waals surface area contributed by atoms with Crippen LogP contribution in [-0.4, -0.2) is 10.7 Å². The van der Waals surface area contributed by atoms with Crippen molar-refractivity contribution in [2.75, 3.05) is 0 Å². The molecule has 4 rings (SSSR count). The van der Waals surface area contributed by atoms with Crippen LogP contribution < -0.4 is 0 Å². The summed E-state index contributed by atoms with van der Waals surface area (Å²) in [5, 5.41) is 21.4. The van der Waals surface area contributed by atoms with Crippen LogP contribution >= 0.6 is 0 Å². The molecule has 2 atom stereocenters. The SMILES string of the molecule is N#CC1(C2(O)CCCC(C3CC3)C2)Cc2ccccc2C1. The Bertz CT molecular complexity index is 573. The first-order valence-electron chi connectivity index (χ1n) is 8.36. The van der Waals surface area contributed by atoms with E-state index in [1.807, 2.05) is 12.1 Å². The Morgan fingerprint density at radius 1 is 1.05 bits per heavy atom. The maximum absolute atomic E-state index is 11.4. The highest BCUT2D eigenvalue weighted by molar-refractivity contribution is 5.39. The zero-order valence-electron chi connectivity index (χ0n) is 12.5. The lowest BCUT2D eigenvalue weighted by Gasteiger charge is -2.46. The third kappa shape index (κ3) is 2.02. The fourth-order valence-corrected chi connectivity index (χ4v) is 4.83. The molecule has 2 saturated carbocycles. The van der Waals surface area contributed by atoms with Crippen LogP contribution in [-0.2, 0) is 12.8 Å². The molecule has 110 valence electrons. The smallest absolute Gasteiger partial charge is 0.0940 e. The van der Waals surface area contributed by atoms with Crippen LogP contribution in [0, 0.1) is 28.6 Å². The second kappa shape index (κ2) is 4.58. The van der Waals surface area contributed by atoms with Crippen molar-refractivity contribution in [2.24, 2.45) is 17.3 Å². The molecule has 1 aromatic carbocycles. The van der Waals surface area contributed by atoms with Crippen molar-refractivity contribution in [3.63, 3.8) is 0 Å². The fourth-order valence-electron chi connectivity index (χ4n) is 4.83. The summed E-state index contributed by atoms with van der Waals surface area (Å²) in [6.07, 6.45) is 8.11. The van der Waals surface area contributed by atoms with E-state index in [-0.39, 0.29) is 0 Å². The Morgan fingerprint density at radius 3 is 2.29 bits per heavy atom. The molecule has 2 fully saturated rings. The Hall–Kier alpha value is -1.33. The van der Waals surface area contributed by atoms with Gasteiger partial charge in [-0.1, -0.05) is 30.7 Å². The lowest BCUT2D eigenvalue weighted by atomic mass is 9.61. The van der Waals surface area contributed by atoms with Gasteiger partial charge in [-0.2, -0.15) is 5.26 Å². The minimum absolute atomic E-state index is 0.593. The van der Waals surface area contributed by atoms with Gasteiger partial charge in [-0.05, 0) is 67.9 Å². The second-order valence-electron chi connectivity index (χ2n) is 7.54. The van der Waals surface area contributed by atoms with Crippen molar-refractivity contribution in [3.05, 3.63) is 35.4 Å². The molecule has 0 spiro atoms. The number of aliphatic hydroxyl groups is 1. The Balaban J connectivity index is 1.65. The van der Waals surface area contributed by atoms with Gasteiger partial charge in [0.2, 0.25) is 0 Å². The fraction of sp³-hybridized carbons (Fsp3) is 0.632. The third-order valence-electron chi connectivity index (χ3n) is 6.26. The summed E-state index contributed by atoms with van der Waals surface area (Å²) in [6.45, 7) is 0. The molecule has 3 aliphatic carbocycles. The van der Waals surface area contributed by atoms with Crippen LogP contribution in [0.2, 0.25) is 0 Å². The molecule has 0 saturated heterocycles. The van der Waals surface area contributed by atoms with E-state index in [4.69, 9.17) is 0 Å². The Morgan fingerprint density at radius 2 is 1.71 bits per heavy atom. The van der Waals surface area contributed by atoms with Gasteiger partial charge in [0.15, 0.2) is 0 Å². The maximum atomic E-state index is 11.4. The van der Waals surface area contributed by atoms with Gasteiger partial charge < -0.3 is 5.11 Å². The van der Waals surface area contributed by atoms with Crippen molar-refractivity contribution in [3.8, 4) is 6.07 Å². The summed E-state index contributed by atoms with van der Waals surface area (Å²) >= 11 is 0. The molecule has 0 aromatic heterocycles. The van der Waals surface area contributed by atoms with Gasteiger partial charge in [-0.15, -0.1) is 0 Å². The van der Waals surface area contributed by atoms with Gasteiger partial charge in [0.25, 0.3) is 0 Å². The summed E-state index contributed by atoms with van der Waals surface area (Å²) in [4.78, 5) is 0. The highest BCUT2D eigenvalue weighted by Gasteiger charge is 2.56. The molecule has 0 amide bonds. The van der Waals surface area contributed by atoms with E-state index >= 15 is 0 Å². The number of hydrogen-bond acceptors (Lipinski definition) is 2. The predicted octanol–water partition coefficient (Wildman–Crippen LogP) is 3.63. The van der Waals surface area contributed by atoms with Crippen LogP contribution in [0.25, 0.3) is 0 Å². The normalized spacial score (nSPS) is 34.2. The summed E-state index contributed by atoms with van der Waals surface area (Å²) in [5.41, 5.74) is 1.15. The van der Waals surface area contributed by atoms with E-state index in [0.29, 0.717) is 5.92 Å². The largest absolute Gasteiger partial charge is 0.388 e. The van der Waals surface area contributed by atoms with E-state index in [1.54, 1.807) is 0 Å². The van der Waals surface area contributed by atoms with Gasteiger partial charge in [0.1, 0.15) is 0 Å². The summed E-state index contributed by atoms with van der Waals surface area (Å²) < 4.78 is 0. The molecular formula is C19H23NO. The van der Waals surface area contributed by atoms with Crippen molar-refractivity contribution < 1.29 is 5.11 Å². The first-order chi connectivity index (χ1) is 10.2. The average Bonchev–Trinajstić information content (AvgIpc) is 3.27. The molecule has 0 aliphatic heterocycles. The van der Waals surface area contributed by atoms with Crippen LogP contribution in [0.1, 0.15) is 49.7 Å². The van der Waals surface area contributed by atoms with E-state index in [9.17, 15) is 10.4 Å². The topological polar surface area (TPSA) is 44.0 Å². The lowest BCUT2D eigenvalue weighted by Crippen LogP contribution is -2.51. The van der Waals surface area contributed by atoms with Gasteiger partial charge in [0, 0.05) is 0 Å². The van der Waals surface area contributed by atoms with Gasteiger partial charge in [-0.25, -0.2) is 0 Å². The van der Waals surface area contributed by atoms with Crippen molar-refractivity contribution in [2.45, 2.75) is 57.0 Å². The molecular weight excluding hydrogens is 258 g/mol. The first-order valence-corrected chi connectivity index (χ1v) is 8.36. The molecule has 21 heavy (non-hydrogen) atoms. The number of fused-ring (bicyclic) bond motifs is 1. The molecule has 2 heteroatoms. The summed E-state index contributed by atoms with van der Waals surface area (Å²) in [6, 6.07) is 10.9. The van der Waals surface area contributed by atoms with Crippen LogP contribution in [0.4, 0.5) is 0 Å². The van der Waals surface area contributed by atoms with Gasteiger partial charge >= 0.3 is 0 Å². The Labute approximate surface area is 126 Å². The maximum Gasteiger partial charge on any atom is 0.0940 e. The molecule has 2 unspecified atom stereocenters. The minimum atomic E-state index is -0.785. The minimum Gasteiger partial charge on any atom is -0.388 e.